The van der Waals surface area contributed by atoms with Crippen LogP contribution in [0.5, 0.6) is 5.75 Å². The Bertz CT molecular complexity index is 852. The van der Waals surface area contributed by atoms with Crippen molar-refractivity contribution in [1.82, 2.24) is 0 Å². The summed E-state index contributed by atoms with van der Waals surface area (Å²) in [5.74, 6) is 0.478. The summed E-state index contributed by atoms with van der Waals surface area (Å²) in [5, 5.41) is 9.62. The molecule has 4 heteroatoms. The minimum atomic E-state index is -0.460. The predicted molar refractivity (Wildman–Crippen MR) is 120 cm³/mol. The summed E-state index contributed by atoms with van der Waals surface area (Å²) in [6.07, 6.45) is 5.00. The maximum atomic E-state index is 12.1. The van der Waals surface area contributed by atoms with E-state index in [1.807, 2.05) is 63.2 Å². The van der Waals surface area contributed by atoms with Crippen LogP contribution in [0.3, 0.4) is 0 Å². The van der Waals surface area contributed by atoms with E-state index < -0.39 is 6.10 Å². The average Bonchev–Trinajstić information content (AvgIpc) is 2.78. The molecule has 4 nitrogen and oxygen atoms in total. The first-order valence-electron chi connectivity index (χ1n) is 11.0. The van der Waals surface area contributed by atoms with E-state index in [4.69, 9.17) is 9.47 Å². The molecule has 160 valence electrons. The van der Waals surface area contributed by atoms with Gasteiger partial charge in [-0.15, -0.1) is 0 Å². The first kappa shape index (κ1) is 23.5. The van der Waals surface area contributed by atoms with E-state index >= 15 is 0 Å². The summed E-state index contributed by atoms with van der Waals surface area (Å²) in [6, 6.07) is 15.9. The van der Waals surface area contributed by atoms with Gasteiger partial charge >= 0.3 is 5.97 Å². The second-order valence-corrected chi connectivity index (χ2v) is 7.74. The number of ether oxygens (including phenoxy) is 2. The molecule has 0 bridgehead atoms. The number of unbranched alkanes of at least 4 members (excludes halogenated alkanes) is 3. The summed E-state index contributed by atoms with van der Waals surface area (Å²) >= 11 is 0. The number of carbonyl (C=O) groups excluding carboxylic acids is 1. The van der Waals surface area contributed by atoms with Gasteiger partial charge in [0.1, 0.15) is 11.9 Å². The van der Waals surface area contributed by atoms with Gasteiger partial charge in [-0.05, 0) is 49.1 Å². The maximum absolute atomic E-state index is 12.1. The van der Waals surface area contributed by atoms with E-state index in [0.29, 0.717) is 5.56 Å². The molecule has 30 heavy (non-hydrogen) atoms. The number of nitrogens with zero attached hydrogens (tertiary/aromatic N) is 1. The summed E-state index contributed by atoms with van der Waals surface area (Å²) in [4.78, 5) is 12.1. The van der Waals surface area contributed by atoms with Crippen molar-refractivity contribution < 1.29 is 14.3 Å². The van der Waals surface area contributed by atoms with Crippen LogP contribution in [0.15, 0.2) is 42.5 Å². The van der Waals surface area contributed by atoms with Crippen LogP contribution in [-0.4, -0.2) is 12.6 Å². The van der Waals surface area contributed by atoms with Crippen LogP contribution in [0, 0.1) is 17.2 Å². The van der Waals surface area contributed by atoms with E-state index in [2.05, 4.69) is 13.0 Å². The van der Waals surface area contributed by atoms with Crippen LogP contribution in [0.1, 0.15) is 77.0 Å². The van der Waals surface area contributed by atoms with Gasteiger partial charge in [0.15, 0.2) is 0 Å². The van der Waals surface area contributed by atoms with Gasteiger partial charge in [-0.3, -0.25) is 4.79 Å². The van der Waals surface area contributed by atoms with Crippen molar-refractivity contribution in [2.24, 2.45) is 5.92 Å². The maximum Gasteiger partial charge on any atom is 0.309 e. The van der Waals surface area contributed by atoms with E-state index in [1.165, 1.54) is 19.3 Å². The van der Waals surface area contributed by atoms with Gasteiger partial charge in [-0.25, -0.2) is 0 Å². The van der Waals surface area contributed by atoms with Crippen LogP contribution < -0.4 is 4.74 Å². The highest BCUT2D eigenvalue weighted by Gasteiger charge is 2.19. The smallest absolute Gasteiger partial charge is 0.309 e. The fraction of sp³-hybridized carbons (Fsp3) is 0.462. The molecule has 0 aliphatic heterocycles. The van der Waals surface area contributed by atoms with Crippen LogP contribution >= 0.6 is 0 Å². The second-order valence-electron chi connectivity index (χ2n) is 7.74. The van der Waals surface area contributed by atoms with Gasteiger partial charge in [-0.1, -0.05) is 64.3 Å². The van der Waals surface area contributed by atoms with E-state index in [0.717, 1.165) is 41.9 Å². The van der Waals surface area contributed by atoms with Gasteiger partial charge in [0, 0.05) is 5.56 Å². The normalized spacial score (nSPS) is 12.6. The lowest BCUT2D eigenvalue weighted by atomic mass is 9.97. The van der Waals surface area contributed by atoms with Crippen LogP contribution in [-0.2, 0) is 9.53 Å². The monoisotopic (exact) mass is 407 g/mol. The van der Waals surface area contributed by atoms with Crippen molar-refractivity contribution >= 4 is 5.97 Å². The highest BCUT2D eigenvalue weighted by atomic mass is 16.5. The molecule has 2 aromatic rings. The van der Waals surface area contributed by atoms with Gasteiger partial charge in [-0.2, -0.15) is 5.26 Å². The molecule has 2 atom stereocenters. The van der Waals surface area contributed by atoms with Gasteiger partial charge in [0.05, 0.1) is 24.2 Å². The summed E-state index contributed by atoms with van der Waals surface area (Å²) in [7, 11) is 0. The third-order valence-corrected chi connectivity index (χ3v) is 5.37. The molecule has 0 heterocycles. The molecule has 0 aromatic heterocycles. The number of esters is 1. The zero-order chi connectivity index (χ0) is 21.9. The molecule has 0 radical (unpaired) electrons. The van der Waals surface area contributed by atoms with Crippen molar-refractivity contribution in [2.75, 3.05) is 6.61 Å². The van der Waals surface area contributed by atoms with Crippen LogP contribution in [0.4, 0.5) is 0 Å². The van der Waals surface area contributed by atoms with Gasteiger partial charge in [0.25, 0.3) is 0 Å². The molecule has 0 fully saturated rings. The minimum Gasteiger partial charge on any atom is -0.494 e. The quantitative estimate of drug-likeness (QED) is 0.302. The van der Waals surface area contributed by atoms with Crippen molar-refractivity contribution in [3.8, 4) is 22.9 Å². The largest absolute Gasteiger partial charge is 0.494 e. The molecular formula is C26H33NO3. The Balaban J connectivity index is 2.07. The lowest BCUT2D eigenvalue weighted by Crippen LogP contribution is -2.16. The van der Waals surface area contributed by atoms with E-state index in [-0.39, 0.29) is 11.9 Å². The molecule has 2 rings (SSSR count). The first-order valence-corrected chi connectivity index (χ1v) is 11.0. The topological polar surface area (TPSA) is 59.3 Å². The molecule has 0 N–H and O–H groups in total. The zero-order valence-corrected chi connectivity index (χ0v) is 18.6. The predicted octanol–water partition coefficient (Wildman–Crippen LogP) is 6.83. The zero-order valence-electron chi connectivity index (χ0n) is 18.6. The highest BCUT2D eigenvalue weighted by molar-refractivity contribution is 5.72. The molecule has 0 saturated carbocycles. The Morgan fingerprint density at radius 2 is 1.70 bits per heavy atom. The summed E-state index contributed by atoms with van der Waals surface area (Å²) in [6.45, 7) is 8.55. The highest BCUT2D eigenvalue weighted by Crippen LogP contribution is 2.29. The molecule has 0 aliphatic carbocycles. The fourth-order valence-corrected chi connectivity index (χ4v) is 3.17. The minimum absolute atomic E-state index is 0.148. The standard InChI is InChI=1S/C26H33NO3/c1-5-7-8-9-16-29-24-13-10-21(11-14-24)22-12-15-25(23(17-22)18-27)20(4)30-26(28)19(3)6-2/h10-15,17,19-20H,5-9,16H2,1-4H3. The molecule has 0 saturated heterocycles. The van der Waals surface area contributed by atoms with Crippen LogP contribution in [0.25, 0.3) is 11.1 Å². The van der Waals surface area contributed by atoms with Gasteiger partial charge < -0.3 is 9.47 Å². The molecule has 0 aliphatic rings. The number of rotatable bonds is 11. The number of hydrogen-bond acceptors (Lipinski definition) is 4. The average molecular weight is 408 g/mol. The number of nitriles is 1. The molecule has 0 amide bonds. The van der Waals surface area contributed by atoms with Crippen molar-refractivity contribution in [3.05, 3.63) is 53.6 Å². The Labute approximate surface area is 180 Å². The summed E-state index contributed by atoms with van der Waals surface area (Å²) < 4.78 is 11.4. The fourth-order valence-electron chi connectivity index (χ4n) is 3.17. The lowest BCUT2D eigenvalue weighted by molar-refractivity contribution is -0.153. The van der Waals surface area contributed by atoms with E-state index in [9.17, 15) is 10.1 Å². The number of benzene rings is 2. The molecule has 2 aromatic carbocycles. The Morgan fingerprint density at radius 3 is 2.33 bits per heavy atom. The Morgan fingerprint density at radius 1 is 1.00 bits per heavy atom. The third kappa shape index (κ3) is 6.62. The van der Waals surface area contributed by atoms with Crippen molar-refractivity contribution in [1.29, 1.82) is 5.26 Å². The van der Waals surface area contributed by atoms with Crippen molar-refractivity contribution in [2.45, 2.75) is 65.9 Å². The van der Waals surface area contributed by atoms with Crippen molar-refractivity contribution in [3.63, 3.8) is 0 Å². The number of carbonyl (C=O) groups is 1. The molecule has 0 spiro atoms. The third-order valence-electron chi connectivity index (χ3n) is 5.37. The number of hydrogen-bond donors (Lipinski definition) is 0. The first-order chi connectivity index (χ1) is 14.5. The van der Waals surface area contributed by atoms with E-state index in [1.54, 1.807) is 0 Å². The second kappa shape index (κ2) is 12.0. The summed E-state index contributed by atoms with van der Waals surface area (Å²) in [5.41, 5.74) is 3.21. The lowest BCUT2D eigenvalue weighted by Gasteiger charge is -2.18. The Hall–Kier alpha value is -2.80. The molecule has 2 unspecified atom stereocenters. The SMILES string of the molecule is CCCCCCOc1ccc(-c2ccc(C(C)OC(=O)C(C)CC)c(C#N)c2)cc1. The molecular weight excluding hydrogens is 374 g/mol. The van der Waals surface area contributed by atoms with Gasteiger partial charge in [0.2, 0.25) is 0 Å². The Kier molecular flexibility index (Phi) is 9.41. The van der Waals surface area contributed by atoms with Crippen LogP contribution in [0.2, 0.25) is 0 Å².